The molecule has 1 N–H and O–H groups in total. The van der Waals surface area contributed by atoms with E-state index in [1.807, 2.05) is 23.1 Å². The lowest BCUT2D eigenvalue weighted by atomic mass is 10.1. The lowest BCUT2D eigenvalue weighted by Crippen LogP contribution is -2.31. The van der Waals surface area contributed by atoms with Gasteiger partial charge in [-0.25, -0.2) is 0 Å². The molecule has 30 heavy (non-hydrogen) atoms. The molecule has 0 radical (unpaired) electrons. The Morgan fingerprint density at radius 3 is 2.33 bits per heavy atom. The minimum Gasteiger partial charge on any atom is -0.493 e. The van der Waals surface area contributed by atoms with Crippen LogP contribution in [0.3, 0.4) is 0 Å². The summed E-state index contributed by atoms with van der Waals surface area (Å²) >= 11 is 0. The lowest BCUT2D eigenvalue weighted by Gasteiger charge is -2.20. The molecule has 2 aromatic carbocycles. The van der Waals surface area contributed by atoms with E-state index in [2.05, 4.69) is 12.2 Å². The average molecular weight is 409 g/mol. The van der Waals surface area contributed by atoms with E-state index in [0.717, 1.165) is 45.2 Å². The third-order valence-electron chi connectivity index (χ3n) is 5.42. The van der Waals surface area contributed by atoms with Crippen LogP contribution in [0.5, 0.6) is 5.75 Å². The average Bonchev–Trinajstić information content (AvgIpc) is 3.07. The van der Waals surface area contributed by atoms with Gasteiger partial charge in [-0.05, 0) is 55.7 Å². The zero-order chi connectivity index (χ0) is 21.2. The second kappa shape index (κ2) is 11.4. The normalized spacial score (nSPS) is 14.1. The first-order valence-electron chi connectivity index (χ1n) is 11.1. The fourth-order valence-electron chi connectivity index (χ4n) is 3.67. The summed E-state index contributed by atoms with van der Waals surface area (Å²) < 4.78 is 5.81. The summed E-state index contributed by atoms with van der Waals surface area (Å²) in [4.78, 5) is 27.4. The zero-order valence-electron chi connectivity index (χ0n) is 17.9. The number of carbonyl (C=O) groups is 2. The zero-order valence-corrected chi connectivity index (χ0v) is 17.9. The van der Waals surface area contributed by atoms with E-state index in [0.29, 0.717) is 29.2 Å². The standard InChI is InChI=1S/C25H32N2O3/c1-2-3-10-19-30-23-12-7-6-11-22(23)24(28)26-21-15-13-20(14-16-21)25(29)27-17-8-4-5-9-18-27/h6-7,11-16H,2-5,8-10,17-19H2,1H3,(H,26,28). The molecule has 2 amide bonds. The SMILES string of the molecule is CCCCCOc1ccccc1C(=O)Nc1ccc(C(=O)N2CCCCCC2)cc1. The Labute approximate surface area is 179 Å². The molecule has 3 rings (SSSR count). The highest BCUT2D eigenvalue weighted by Gasteiger charge is 2.17. The van der Waals surface area contributed by atoms with Gasteiger partial charge in [0.05, 0.1) is 12.2 Å². The summed E-state index contributed by atoms with van der Waals surface area (Å²) in [6, 6.07) is 14.4. The van der Waals surface area contributed by atoms with E-state index in [1.165, 1.54) is 12.8 Å². The van der Waals surface area contributed by atoms with Crippen LogP contribution in [0.1, 0.15) is 72.6 Å². The van der Waals surface area contributed by atoms with Crippen molar-refractivity contribution in [2.45, 2.75) is 51.9 Å². The maximum atomic E-state index is 12.8. The molecule has 1 heterocycles. The van der Waals surface area contributed by atoms with Crippen molar-refractivity contribution >= 4 is 17.5 Å². The van der Waals surface area contributed by atoms with E-state index in [9.17, 15) is 9.59 Å². The Morgan fingerprint density at radius 2 is 1.63 bits per heavy atom. The maximum absolute atomic E-state index is 12.8. The highest BCUT2D eigenvalue weighted by Crippen LogP contribution is 2.21. The molecule has 5 heteroatoms. The molecule has 1 saturated heterocycles. The Kier molecular flexibility index (Phi) is 8.30. The number of hydrogen-bond donors (Lipinski definition) is 1. The van der Waals surface area contributed by atoms with Gasteiger partial charge < -0.3 is 15.0 Å². The van der Waals surface area contributed by atoms with Crippen LogP contribution in [0.4, 0.5) is 5.69 Å². The summed E-state index contributed by atoms with van der Waals surface area (Å²) in [6.45, 7) is 4.40. The summed E-state index contributed by atoms with van der Waals surface area (Å²) in [6.07, 6.45) is 7.73. The van der Waals surface area contributed by atoms with Crippen LogP contribution in [0, 0.1) is 0 Å². The third-order valence-corrected chi connectivity index (χ3v) is 5.42. The molecular formula is C25H32N2O3. The van der Waals surface area contributed by atoms with E-state index in [1.54, 1.807) is 30.3 Å². The van der Waals surface area contributed by atoms with Crippen molar-refractivity contribution in [3.05, 3.63) is 59.7 Å². The van der Waals surface area contributed by atoms with Crippen molar-refractivity contribution in [3.63, 3.8) is 0 Å². The Balaban J connectivity index is 1.61. The predicted molar refractivity (Wildman–Crippen MR) is 120 cm³/mol. The first kappa shape index (κ1) is 21.9. The molecule has 0 aromatic heterocycles. The molecule has 1 aliphatic heterocycles. The first-order valence-corrected chi connectivity index (χ1v) is 11.1. The van der Waals surface area contributed by atoms with Gasteiger partial charge in [0, 0.05) is 24.3 Å². The molecule has 0 unspecified atom stereocenters. The van der Waals surface area contributed by atoms with Crippen LogP contribution in [0.15, 0.2) is 48.5 Å². The summed E-state index contributed by atoms with van der Waals surface area (Å²) in [5.74, 6) is 0.451. The number of likely N-dealkylation sites (tertiary alicyclic amines) is 1. The number of ether oxygens (including phenoxy) is 1. The molecule has 1 fully saturated rings. The number of hydrogen-bond acceptors (Lipinski definition) is 3. The highest BCUT2D eigenvalue weighted by atomic mass is 16.5. The minimum absolute atomic E-state index is 0.0700. The quantitative estimate of drug-likeness (QED) is 0.585. The number of para-hydroxylation sites is 1. The number of benzene rings is 2. The number of rotatable bonds is 8. The summed E-state index contributed by atoms with van der Waals surface area (Å²) in [7, 11) is 0. The van der Waals surface area contributed by atoms with Gasteiger partial charge in [-0.3, -0.25) is 9.59 Å². The second-order valence-corrected chi connectivity index (χ2v) is 7.79. The van der Waals surface area contributed by atoms with Crippen LogP contribution < -0.4 is 10.1 Å². The molecule has 2 aromatic rings. The predicted octanol–water partition coefficient (Wildman–Crippen LogP) is 5.52. The van der Waals surface area contributed by atoms with Gasteiger partial charge in [0.2, 0.25) is 0 Å². The fraction of sp³-hybridized carbons (Fsp3) is 0.440. The molecule has 0 bridgehead atoms. The van der Waals surface area contributed by atoms with Gasteiger partial charge in [-0.15, -0.1) is 0 Å². The van der Waals surface area contributed by atoms with Crippen molar-refractivity contribution in [3.8, 4) is 5.75 Å². The lowest BCUT2D eigenvalue weighted by molar-refractivity contribution is 0.0761. The van der Waals surface area contributed by atoms with Crippen molar-refractivity contribution in [2.75, 3.05) is 25.0 Å². The Hall–Kier alpha value is -2.82. The van der Waals surface area contributed by atoms with Gasteiger partial charge in [0.1, 0.15) is 5.75 Å². The van der Waals surface area contributed by atoms with Gasteiger partial charge in [-0.1, -0.05) is 44.7 Å². The van der Waals surface area contributed by atoms with Gasteiger partial charge in [-0.2, -0.15) is 0 Å². The monoisotopic (exact) mass is 408 g/mol. The first-order chi connectivity index (χ1) is 14.7. The van der Waals surface area contributed by atoms with Crippen molar-refractivity contribution in [2.24, 2.45) is 0 Å². The number of amides is 2. The van der Waals surface area contributed by atoms with Crippen molar-refractivity contribution < 1.29 is 14.3 Å². The molecule has 0 saturated carbocycles. The number of unbranched alkanes of at least 4 members (excludes halogenated alkanes) is 2. The highest BCUT2D eigenvalue weighted by molar-refractivity contribution is 6.06. The molecule has 0 aliphatic carbocycles. The molecule has 5 nitrogen and oxygen atoms in total. The van der Waals surface area contributed by atoms with E-state index < -0.39 is 0 Å². The fourth-order valence-corrected chi connectivity index (χ4v) is 3.67. The van der Waals surface area contributed by atoms with Gasteiger partial charge in [0.25, 0.3) is 11.8 Å². The number of nitrogens with one attached hydrogen (secondary N) is 1. The molecule has 0 spiro atoms. The van der Waals surface area contributed by atoms with Crippen LogP contribution in [0.2, 0.25) is 0 Å². The molecule has 160 valence electrons. The van der Waals surface area contributed by atoms with Gasteiger partial charge >= 0.3 is 0 Å². The largest absolute Gasteiger partial charge is 0.493 e. The molecule has 1 aliphatic rings. The third kappa shape index (κ3) is 6.09. The summed E-state index contributed by atoms with van der Waals surface area (Å²) in [5, 5.41) is 2.91. The Bertz CT molecular complexity index is 825. The van der Waals surface area contributed by atoms with Crippen LogP contribution in [-0.2, 0) is 0 Å². The topological polar surface area (TPSA) is 58.6 Å². The number of nitrogens with zero attached hydrogens (tertiary/aromatic N) is 1. The van der Waals surface area contributed by atoms with E-state index in [-0.39, 0.29) is 11.8 Å². The van der Waals surface area contributed by atoms with Gasteiger partial charge in [0.15, 0.2) is 0 Å². The van der Waals surface area contributed by atoms with Crippen LogP contribution in [0.25, 0.3) is 0 Å². The van der Waals surface area contributed by atoms with E-state index in [4.69, 9.17) is 4.74 Å². The second-order valence-electron chi connectivity index (χ2n) is 7.79. The minimum atomic E-state index is -0.215. The van der Waals surface area contributed by atoms with Crippen LogP contribution >= 0.6 is 0 Å². The molecular weight excluding hydrogens is 376 g/mol. The van der Waals surface area contributed by atoms with Crippen LogP contribution in [-0.4, -0.2) is 36.4 Å². The van der Waals surface area contributed by atoms with Crippen molar-refractivity contribution in [1.29, 1.82) is 0 Å². The number of anilines is 1. The number of carbonyl (C=O) groups excluding carboxylic acids is 2. The summed E-state index contributed by atoms with van der Waals surface area (Å²) in [5.41, 5.74) is 1.83. The Morgan fingerprint density at radius 1 is 0.933 bits per heavy atom. The van der Waals surface area contributed by atoms with E-state index >= 15 is 0 Å². The maximum Gasteiger partial charge on any atom is 0.259 e. The van der Waals surface area contributed by atoms with Crippen molar-refractivity contribution in [1.82, 2.24) is 4.90 Å². The smallest absolute Gasteiger partial charge is 0.259 e. The molecule has 0 atom stereocenters.